The molecule has 1 aliphatic rings. The number of carbonyl (C=O) groups excluding carboxylic acids is 1. The molecule has 1 amide bonds. The van der Waals surface area contributed by atoms with E-state index < -0.39 is 0 Å². The summed E-state index contributed by atoms with van der Waals surface area (Å²) in [6.45, 7) is 1.98. The highest BCUT2D eigenvalue weighted by atomic mass is 35.5. The van der Waals surface area contributed by atoms with Crippen molar-refractivity contribution in [3.8, 4) is 0 Å². The average Bonchev–Trinajstić information content (AvgIpc) is 2.76. The van der Waals surface area contributed by atoms with Crippen LogP contribution in [0.2, 0.25) is 4.34 Å². The van der Waals surface area contributed by atoms with E-state index in [-0.39, 0.29) is 17.5 Å². The van der Waals surface area contributed by atoms with E-state index in [0.29, 0.717) is 6.42 Å². The van der Waals surface area contributed by atoms with Crippen LogP contribution in [0.1, 0.15) is 56.4 Å². The normalized spacial score (nSPS) is 19.9. The van der Waals surface area contributed by atoms with E-state index in [0.717, 1.165) is 34.9 Å². The number of nitrogens with two attached hydrogens (primary N) is 1. The Bertz CT molecular complexity index is 440. The Kier molecular flexibility index (Phi) is 4.87. The van der Waals surface area contributed by atoms with Gasteiger partial charge in [0.05, 0.1) is 10.4 Å². The van der Waals surface area contributed by atoms with Crippen molar-refractivity contribution >= 4 is 28.8 Å². The first-order valence-electron chi connectivity index (χ1n) is 6.82. The zero-order valence-corrected chi connectivity index (χ0v) is 12.8. The van der Waals surface area contributed by atoms with Gasteiger partial charge in [-0.15, -0.1) is 11.3 Å². The van der Waals surface area contributed by atoms with Crippen molar-refractivity contribution in [3.63, 3.8) is 0 Å². The molecule has 1 aromatic heterocycles. The quantitative estimate of drug-likeness (QED) is 0.892. The van der Waals surface area contributed by atoms with E-state index in [4.69, 9.17) is 17.3 Å². The summed E-state index contributed by atoms with van der Waals surface area (Å²) in [6.07, 6.45) is 5.86. The number of thiophene rings is 1. The summed E-state index contributed by atoms with van der Waals surface area (Å²) >= 11 is 7.41. The zero-order valence-electron chi connectivity index (χ0n) is 11.2. The third-order valence-electron chi connectivity index (χ3n) is 3.76. The van der Waals surface area contributed by atoms with Crippen LogP contribution in [0.25, 0.3) is 0 Å². The molecule has 1 aliphatic carbocycles. The Morgan fingerprint density at radius 1 is 1.47 bits per heavy atom. The van der Waals surface area contributed by atoms with Gasteiger partial charge in [-0.2, -0.15) is 0 Å². The second kappa shape index (κ2) is 6.25. The molecule has 5 heteroatoms. The minimum absolute atomic E-state index is 0.00260. The lowest BCUT2D eigenvalue weighted by molar-refractivity contribution is -0.123. The SMILES string of the molecule is CC(NC(=O)CC1(N)CCCCC1)c1ccc(Cl)s1. The molecule has 0 spiro atoms. The van der Waals surface area contributed by atoms with Crippen molar-refractivity contribution in [3.05, 3.63) is 21.3 Å². The number of amides is 1. The maximum atomic E-state index is 12.1. The fourth-order valence-electron chi connectivity index (χ4n) is 2.68. The molecule has 0 bridgehead atoms. The molecule has 0 saturated heterocycles. The lowest BCUT2D eigenvalue weighted by Crippen LogP contribution is -2.46. The molecular weight excluding hydrogens is 280 g/mol. The maximum Gasteiger partial charge on any atom is 0.222 e. The van der Waals surface area contributed by atoms with Gasteiger partial charge >= 0.3 is 0 Å². The summed E-state index contributed by atoms with van der Waals surface area (Å²) < 4.78 is 0.749. The molecule has 3 nitrogen and oxygen atoms in total. The van der Waals surface area contributed by atoms with Crippen molar-refractivity contribution in [1.82, 2.24) is 5.32 Å². The molecule has 1 unspecified atom stereocenters. The molecule has 0 aliphatic heterocycles. The Balaban J connectivity index is 1.87. The van der Waals surface area contributed by atoms with Gasteiger partial charge in [0.25, 0.3) is 0 Å². The second-order valence-electron chi connectivity index (χ2n) is 5.53. The van der Waals surface area contributed by atoms with Gasteiger partial charge in [-0.1, -0.05) is 30.9 Å². The van der Waals surface area contributed by atoms with Crippen LogP contribution in [-0.4, -0.2) is 11.4 Å². The van der Waals surface area contributed by atoms with Crippen LogP contribution in [0.3, 0.4) is 0 Å². The molecular formula is C14H21ClN2OS. The van der Waals surface area contributed by atoms with Crippen molar-refractivity contribution in [2.24, 2.45) is 5.73 Å². The van der Waals surface area contributed by atoms with Gasteiger partial charge < -0.3 is 11.1 Å². The Morgan fingerprint density at radius 2 is 2.16 bits per heavy atom. The van der Waals surface area contributed by atoms with Crippen LogP contribution in [0.4, 0.5) is 0 Å². The van der Waals surface area contributed by atoms with Crippen molar-refractivity contribution < 1.29 is 4.79 Å². The number of nitrogens with one attached hydrogen (secondary N) is 1. The number of rotatable bonds is 4. The first-order chi connectivity index (χ1) is 8.98. The first kappa shape index (κ1) is 14.8. The highest BCUT2D eigenvalue weighted by molar-refractivity contribution is 7.16. The van der Waals surface area contributed by atoms with Crippen molar-refractivity contribution in [2.45, 2.75) is 57.0 Å². The monoisotopic (exact) mass is 300 g/mol. The van der Waals surface area contributed by atoms with Crippen LogP contribution in [-0.2, 0) is 4.79 Å². The topological polar surface area (TPSA) is 55.1 Å². The number of hydrogen-bond donors (Lipinski definition) is 2. The molecule has 1 atom stereocenters. The summed E-state index contributed by atoms with van der Waals surface area (Å²) in [6, 6.07) is 3.81. The maximum absolute atomic E-state index is 12.1. The largest absolute Gasteiger partial charge is 0.349 e. The zero-order chi connectivity index (χ0) is 13.9. The smallest absolute Gasteiger partial charge is 0.222 e. The Labute approximate surface area is 123 Å². The molecule has 1 aromatic rings. The predicted molar refractivity (Wildman–Crippen MR) is 80.5 cm³/mol. The number of halogens is 1. The fraction of sp³-hybridized carbons (Fsp3) is 0.643. The summed E-state index contributed by atoms with van der Waals surface area (Å²) in [5, 5.41) is 3.01. The van der Waals surface area contributed by atoms with E-state index in [1.54, 1.807) is 0 Å². The van der Waals surface area contributed by atoms with Gasteiger partial charge in [0.15, 0.2) is 0 Å². The lowest BCUT2D eigenvalue weighted by Gasteiger charge is -2.33. The van der Waals surface area contributed by atoms with E-state index in [2.05, 4.69) is 5.32 Å². The Hall–Kier alpha value is -0.580. The summed E-state index contributed by atoms with van der Waals surface area (Å²) in [5.74, 6) is 0.0430. The molecule has 2 rings (SSSR count). The molecule has 1 fully saturated rings. The molecule has 0 radical (unpaired) electrons. The van der Waals surface area contributed by atoms with Crippen LogP contribution < -0.4 is 11.1 Å². The predicted octanol–water partition coefficient (Wildman–Crippen LogP) is 3.63. The van der Waals surface area contributed by atoms with Crippen LogP contribution in [0, 0.1) is 0 Å². The standard InChI is InChI=1S/C14H21ClN2OS/c1-10(11-5-6-12(15)19-11)17-13(18)9-14(16)7-3-2-4-8-14/h5-6,10H,2-4,7-9,16H2,1H3,(H,17,18). The minimum atomic E-state index is -0.296. The van der Waals surface area contributed by atoms with E-state index in [1.807, 2.05) is 19.1 Å². The summed E-state index contributed by atoms with van der Waals surface area (Å²) in [4.78, 5) is 13.2. The summed E-state index contributed by atoms with van der Waals surface area (Å²) in [7, 11) is 0. The van der Waals surface area contributed by atoms with Gasteiger partial charge in [0, 0.05) is 16.8 Å². The molecule has 0 aromatic carbocycles. The van der Waals surface area contributed by atoms with E-state index in [1.165, 1.54) is 17.8 Å². The Morgan fingerprint density at radius 3 is 2.74 bits per heavy atom. The van der Waals surface area contributed by atoms with Crippen LogP contribution >= 0.6 is 22.9 Å². The lowest BCUT2D eigenvalue weighted by atomic mass is 9.80. The highest BCUT2D eigenvalue weighted by Gasteiger charge is 2.30. The second-order valence-corrected chi connectivity index (χ2v) is 7.28. The van der Waals surface area contributed by atoms with Crippen molar-refractivity contribution in [1.29, 1.82) is 0 Å². The van der Waals surface area contributed by atoms with Crippen LogP contribution in [0.5, 0.6) is 0 Å². The molecule has 3 N–H and O–H groups in total. The molecule has 1 heterocycles. The summed E-state index contributed by atoms with van der Waals surface area (Å²) in [5.41, 5.74) is 6.00. The molecule has 19 heavy (non-hydrogen) atoms. The minimum Gasteiger partial charge on any atom is -0.349 e. The number of carbonyl (C=O) groups is 1. The van der Waals surface area contributed by atoms with Gasteiger partial charge in [0.1, 0.15) is 0 Å². The van der Waals surface area contributed by atoms with E-state index >= 15 is 0 Å². The average molecular weight is 301 g/mol. The van der Waals surface area contributed by atoms with Gasteiger partial charge in [0.2, 0.25) is 5.91 Å². The van der Waals surface area contributed by atoms with Gasteiger partial charge in [-0.3, -0.25) is 4.79 Å². The van der Waals surface area contributed by atoms with E-state index in [9.17, 15) is 4.79 Å². The highest BCUT2D eigenvalue weighted by Crippen LogP contribution is 2.30. The van der Waals surface area contributed by atoms with Crippen LogP contribution in [0.15, 0.2) is 12.1 Å². The van der Waals surface area contributed by atoms with Gasteiger partial charge in [-0.25, -0.2) is 0 Å². The first-order valence-corrected chi connectivity index (χ1v) is 8.01. The van der Waals surface area contributed by atoms with Crippen molar-refractivity contribution in [2.75, 3.05) is 0 Å². The molecule has 1 saturated carbocycles. The fourth-order valence-corrected chi connectivity index (χ4v) is 3.74. The molecule has 106 valence electrons. The number of hydrogen-bond acceptors (Lipinski definition) is 3. The third kappa shape index (κ3) is 4.20. The third-order valence-corrected chi connectivity index (χ3v) is 5.17. The van der Waals surface area contributed by atoms with Gasteiger partial charge in [-0.05, 0) is 31.9 Å².